The van der Waals surface area contributed by atoms with E-state index in [9.17, 15) is 14.7 Å². The average molecular weight is 796 g/mol. The molecule has 59 heavy (non-hydrogen) atoms. The van der Waals surface area contributed by atoms with Gasteiger partial charge in [-0.05, 0) is 58.4 Å². The minimum Gasteiger partial charge on any atom is -0.397 e. The maximum absolute atomic E-state index is 12.8. The van der Waals surface area contributed by atoms with Crippen molar-refractivity contribution in [1.82, 2.24) is 15.1 Å². The zero-order chi connectivity index (χ0) is 40.8. The number of amides is 2. The van der Waals surface area contributed by atoms with Crippen LogP contribution in [-0.2, 0) is 38.8 Å². The second-order valence-electron chi connectivity index (χ2n) is 15.7. The van der Waals surface area contributed by atoms with Gasteiger partial charge in [0.15, 0.2) is 6.29 Å². The number of hydrogen-bond donors (Lipinski definition) is 4. The fourth-order valence-electron chi connectivity index (χ4n) is 7.92. The molecule has 5 aromatic carbocycles. The lowest BCUT2D eigenvalue weighted by Gasteiger charge is -2.40. The highest BCUT2D eigenvalue weighted by molar-refractivity contribution is 5.93. The van der Waals surface area contributed by atoms with Crippen molar-refractivity contribution in [2.24, 2.45) is 0 Å². The van der Waals surface area contributed by atoms with Crippen LogP contribution in [-0.4, -0.2) is 65.5 Å². The topological polar surface area (TPSA) is 129 Å². The molecule has 0 saturated carbocycles. The molecule has 308 valence electrons. The third-order valence-electron chi connectivity index (χ3n) is 11.3. The summed E-state index contributed by atoms with van der Waals surface area (Å²) >= 11 is 0. The molecule has 0 aromatic heterocycles. The van der Waals surface area contributed by atoms with Crippen molar-refractivity contribution in [2.75, 3.05) is 43.8 Å². The summed E-state index contributed by atoms with van der Waals surface area (Å²) in [6.07, 6.45) is 3.04. The third kappa shape index (κ3) is 12.1. The smallest absolute Gasteiger partial charge is 0.224 e. The molecule has 2 fully saturated rings. The quantitative estimate of drug-likeness (QED) is 0.0551. The van der Waals surface area contributed by atoms with Gasteiger partial charge in [0.2, 0.25) is 11.8 Å². The van der Waals surface area contributed by atoms with Crippen LogP contribution in [0.3, 0.4) is 0 Å². The summed E-state index contributed by atoms with van der Waals surface area (Å²) in [5.74, 6) is -0.0820. The number of nitrogens with one attached hydrogen (secondary N) is 2. The van der Waals surface area contributed by atoms with Crippen LogP contribution in [0, 0.1) is 0 Å². The van der Waals surface area contributed by atoms with Gasteiger partial charge in [0.25, 0.3) is 0 Å². The van der Waals surface area contributed by atoms with E-state index in [-0.39, 0.29) is 30.6 Å². The summed E-state index contributed by atoms with van der Waals surface area (Å²) in [7, 11) is 0. The van der Waals surface area contributed by atoms with E-state index in [0.29, 0.717) is 43.6 Å². The van der Waals surface area contributed by atoms with Crippen LogP contribution in [0.15, 0.2) is 127 Å². The molecule has 5 N–H and O–H groups in total. The highest BCUT2D eigenvalue weighted by Crippen LogP contribution is 2.39. The fraction of sp³-hybridized carbons (Fsp3) is 0.347. The molecule has 0 spiro atoms. The van der Waals surface area contributed by atoms with Crippen LogP contribution in [0.2, 0.25) is 0 Å². The predicted molar refractivity (Wildman–Crippen MR) is 233 cm³/mol. The average Bonchev–Trinajstić information content (AvgIpc) is 3.27. The normalized spacial score (nSPS) is 18.6. The van der Waals surface area contributed by atoms with E-state index in [2.05, 4.69) is 93.2 Å². The molecule has 5 aromatic rings. The fourth-order valence-corrected chi connectivity index (χ4v) is 7.92. The monoisotopic (exact) mass is 795 g/mol. The minimum atomic E-state index is -0.531. The summed E-state index contributed by atoms with van der Waals surface area (Å²) in [5, 5.41) is 15.6. The van der Waals surface area contributed by atoms with Gasteiger partial charge in [-0.2, -0.15) is 0 Å². The van der Waals surface area contributed by atoms with Gasteiger partial charge in [-0.3, -0.25) is 19.4 Å². The first-order valence-corrected chi connectivity index (χ1v) is 21.0. The van der Waals surface area contributed by atoms with Gasteiger partial charge >= 0.3 is 0 Å². The van der Waals surface area contributed by atoms with E-state index in [0.717, 1.165) is 85.5 Å². The molecule has 2 saturated heterocycles. The SMILES string of the molecule is Nc1ccccc1NC(=O)CCCCCC(=O)NCc1ccccc1-c1ccc([C@@H]2O[C@H](CN3CCN(Cc4ccccc4)CC3)C[C@H](c3ccc(CO)cc3)O2)cc1. The Kier molecular flexibility index (Phi) is 14.9. The molecular weight excluding hydrogens is 739 g/mol. The van der Waals surface area contributed by atoms with Crippen molar-refractivity contribution in [3.63, 3.8) is 0 Å². The molecule has 10 nitrogen and oxygen atoms in total. The number of carbonyl (C=O) groups is 2. The van der Waals surface area contributed by atoms with Gasteiger partial charge in [-0.25, -0.2) is 0 Å². The number of carbonyl (C=O) groups excluding carboxylic acids is 2. The molecule has 2 aliphatic rings. The highest BCUT2D eigenvalue weighted by atomic mass is 16.7. The number of ether oxygens (including phenoxy) is 2. The maximum atomic E-state index is 12.8. The first-order chi connectivity index (χ1) is 28.9. The Labute approximate surface area is 348 Å². The number of benzene rings is 5. The minimum absolute atomic E-state index is 0.00701. The Hall–Kier alpha value is -5.36. The van der Waals surface area contributed by atoms with E-state index >= 15 is 0 Å². The summed E-state index contributed by atoms with van der Waals surface area (Å²) in [5.41, 5.74) is 14.5. The lowest BCUT2D eigenvalue weighted by atomic mass is 9.97. The van der Waals surface area contributed by atoms with Gasteiger partial charge in [0.05, 0.1) is 30.2 Å². The van der Waals surface area contributed by atoms with E-state index in [1.54, 1.807) is 12.1 Å². The van der Waals surface area contributed by atoms with Crippen LogP contribution in [0.5, 0.6) is 0 Å². The number of unbranched alkanes of at least 4 members (excludes halogenated alkanes) is 2. The van der Waals surface area contributed by atoms with Crippen molar-refractivity contribution in [3.05, 3.63) is 155 Å². The van der Waals surface area contributed by atoms with Crippen molar-refractivity contribution in [3.8, 4) is 11.1 Å². The Bertz CT molecular complexity index is 2090. The number of nitrogens with zero attached hydrogens (tertiary/aromatic N) is 2. The molecule has 2 heterocycles. The van der Waals surface area contributed by atoms with E-state index in [1.165, 1.54) is 5.56 Å². The van der Waals surface area contributed by atoms with E-state index in [1.807, 2.05) is 42.5 Å². The first-order valence-electron chi connectivity index (χ1n) is 21.0. The highest BCUT2D eigenvalue weighted by Gasteiger charge is 2.34. The van der Waals surface area contributed by atoms with Crippen molar-refractivity contribution in [1.29, 1.82) is 0 Å². The molecular formula is C49H57N5O5. The molecule has 0 bridgehead atoms. The predicted octanol–water partition coefficient (Wildman–Crippen LogP) is 8.00. The Morgan fingerprint density at radius 1 is 0.678 bits per heavy atom. The van der Waals surface area contributed by atoms with Crippen LogP contribution in [0.1, 0.15) is 78.7 Å². The van der Waals surface area contributed by atoms with E-state index < -0.39 is 6.29 Å². The van der Waals surface area contributed by atoms with Crippen LogP contribution in [0.25, 0.3) is 11.1 Å². The lowest BCUT2D eigenvalue weighted by molar-refractivity contribution is -0.253. The zero-order valence-electron chi connectivity index (χ0n) is 33.8. The van der Waals surface area contributed by atoms with Gasteiger partial charge in [0.1, 0.15) is 0 Å². The van der Waals surface area contributed by atoms with E-state index in [4.69, 9.17) is 15.2 Å². The Balaban J connectivity index is 0.923. The third-order valence-corrected chi connectivity index (χ3v) is 11.3. The van der Waals surface area contributed by atoms with Crippen molar-refractivity contribution < 1.29 is 24.2 Å². The largest absolute Gasteiger partial charge is 0.397 e. The molecule has 3 atom stereocenters. The summed E-state index contributed by atoms with van der Waals surface area (Å²) < 4.78 is 13.4. The van der Waals surface area contributed by atoms with Crippen LogP contribution in [0.4, 0.5) is 11.4 Å². The number of aliphatic hydroxyl groups is 1. The summed E-state index contributed by atoms with van der Waals surface area (Å²) in [6.45, 7) is 6.27. The Morgan fingerprint density at radius 3 is 2.08 bits per heavy atom. The molecule has 10 heteroatoms. The second kappa shape index (κ2) is 21.1. The number of nitrogens with two attached hydrogens (primary N) is 1. The zero-order valence-corrected chi connectivity index (χ0v) is 33.8. The number of rotatable bonds is 17. The standard InChI is InChI=1S/C49H57N5O5/c50-44-15-9-10-16-45(44)52-48(57)18-6-2-5-17-47(56)51-32-41-13-7-8-14-43(41)38-23-25-40(26-24-38)49-58-42(31-46(59-49)39-21-19-37(35-55)20-22-39)34-54-29-27-53(28-30-54)33-36-11-3-1-4-12-36/h1,3-4,7-16,19-26,42,46,49,55H,2,5-6,17-18,27-35,50H2,(H,51,56)(H,52,57)/t42-,46+,49+/m0/s1. The first kappa shape index (κ1) is 41.8. The Morgan fingerprint density at radius 2 is 1.34 bits per heavy atom. The molecule has 0 unspecified atom stereocenters. The number of aliphatic hydroxyl groups excluding tert-OH is 1. The maximum Gasteiger partial charge on any atom is 0.224 e. The van der Waals surface area contributed by atoms with Gasteiger partial charge in [-0.15, -0.1) is 0 Å². The van der Waals surface area contributed by atoms with Crippen molar-refractivity contribution >= 4 is 23.2 Å². The number of nitrogen functional groups attached to an aromatic ring is 1. The number of anilines is 2. The lowest BCUT2D eigenvalue weighted by Crippen LogP contribution is -2.49. The van der Waals surface area contributed by atoms with Gasteiger partial charge in [-0.1, -0.05) is 122 Å². The molecule has 0 aliphatic carbocycles. The van der Waals surface area contributed by atoms with Gasteiger partial charge in [0, 0.05) is 70.6 Å². The van der Waals surface area contributed by atoms with Crippen molar-refractivity contribution in [2.45, 2.75) is 76.7 Å². The van der Waals surface area contributed by atoms with Gasteiger partial charge < -0.3 is 30.9 Å². The number of para-hydroxylation sites is 2. The molecule has 2 amide bonds. The number of piperazine rings is 1. The summed E-state index contributed by atoms with van der Waals surface area (Å²) in [6, 6.07) is 42.5. The van der Waals surface area contributed by atoms with Crippen LogP contribution >= 0.6 is 0 Å². The molecule has 0 radical (unpaired) electrons. The molecule has 2 aliphatic heterocycles. The second-order valence-corrected chi connectivity index (χ2v) is 15.7. The molecule has 7 rings (SSSR count). The summed E-state index contributed by atoms with van der Waals surface area (Å²) in [4.78, 5) is 30.2. The number of hydrogen-bond acceptors (Lipinski definition) is 8. The van der Waals surface area contributed by atoms with Crippen LogP contribution < -0.4 is 16.4 Å².